The van der Waals surface area contributed by atoms with E-state index in [1.165, 1.54) is 0 Å². The molecule has 0 spiro atoms. The molecule has 76 valence electrons. The quantitative estimate of drug-likeness (QED) is 0.537. The minimum Gasteiger partial charge on any atom is -0.391 e. The number of hydroxylamine groups is 1. The van der Waals surface area contributed by atoms with Crippen molar-refractivity contribution in [2.24, 2.45) is 16.7 Å². The highest BCUT2D eigenvalue weighted by molar-refractivity contribution is 5.16. The standard InChI is InChI=1S/C10H19NO2/c1-9(2)6-4-5-10(9,3)8(12)7(6)11-13/h6-8,11-13H,4-5H2,1-3H3/t6-,7-,8-,10-/m1/s1. The first-order valence-electron chi connectivity index (χ1n) is 5.03. The molecule has 4 atom stereocenters. The van der Waals surface area contributed by atoms with E-state index in [9.17, 15) is 5.11 Å². The molecule has 0 radical (unpaired) electrons. The second-order valence-electron chi connectivity index (χ2n) is 5.38. The Bertz CT molecular complexity index is 229. The number of hydrogen-bond donors (Lipinski definition) is 3. The van der Waals surface area contributed by atoms with Crippen LogP contribution in [0, 0.1) is 16.7 Å². The molecule has 2 saturated carbocycles. The largest absolute Gasteiger partial charge is 0.391 e. The van der Waals surface area contributed by atoms with E-state index in [1.54, 1.807) is 0 Å². The van der Waals surface area contributed by atoms with Crippen LogP contribution in [-0.2, 0) is 0 Å². The van der Waals surface area contributed by atoms with Crippen LogP contribution >= 0.6 is 0 Å². The maximum atomic E-state index is 10.1. The number of hydrogen-bond acceptors (Lipinski definition) is 3. The van der Waals surface area contributed by atoms with Crippen LogP contribution in [0.1, 0.15) is 33.6 Å². The zero-order chi connectivity index (χ0) is 9.85. The van der Waals surface area contributed by atoms with Crippen molar-refractivity contribution in [2.75, 3.05) is 0 Å². The maximum absolute atomic E-state index is 10.1. The van der Waals surface area contributed by atoms with Crippen LogP contribution in [0.5, 0.6) is 0 Å². The third kappa shape index (κ3) is 0.853. The fourth-order valence-electron chi connectivity index (χ4n) is 3.50. The molecule has 2 aliphatic carbocycles. The van der Waals surface area contributed by atoms with Crippen molar-refractivity contribution in [1.29, 1.82) is 0 Å². The predicted octanol–water partition coefficient (Wildman–Crippen LogP) is 1.15. The highest BCUT2D eigenvalue weighted by Gasteiger charge is 2.65. The summed E-state index contributed by atoms with van der Waals surface area (Å²) in [5, 5.41) is 19.0. The first-order valence-corrected chi connectivity index (χ1v) is 5.03. The lowest BCUT2D eigenvalue weighted by Gasteiger charge is -2.36. The second kappa shape index (κ2) is 2.47. The fourth-order valence-corrected chi connectivity index (χ4v) is 3.50. The van der Waals surface area contributed by atoms with Crippen LogP contribution in [0.4, 0.5) is 0 Å². The normalized spacial score (nSPS) is 52.8. The van der Waals surface area contributed by atoms with Crippen molar-refractivity contribution in [3.05, 3.63) is 0 Å². The Morgan fingerprint density at radius 1 is 1.31 bits per heavy atom. The number of rotatable bonds is 1. The van der Waals surface area contributed by atoms with Crippen molar-refractivity contribution < 1.29 is 10.3 Å². The summed E-state index contributed by atoms with van der Waals surface area (Å²) < 4.78 is 0. The van der Waals surface area contributed by atoms with E-state index in [0.717, 1.165) is 12.8 Å². The van der Waals surface area contributed by atoms with Gasteiger partial charge in [0.1, 0.15) is 0 Å². The molecule has 2 rings (SSSR count). The van der Waals surface area contributed by atoms with Crippen molar-refractivity contribution >= 4 is 0 Å². The van der Waals surface area contributed by atoms with E-state index in [-0.39, 0.29) is 16.9 Å². The topological polar surface area (TPSA) is 52.5 Å². The Kier molecular flexibility index (Phi) is 1.79. The SMILES string of the molecule is CC1(C)[C@@H]2CC[C@]1(C)[C@H](O)[C@@H]2NO. The third-order valence-corrected chi connectivity index (χ3v) is 4.95. The molecule has 0 aromatic rings. The van der Waals surface area contributed by atoms with Gasteiger partial charge in [0, 0.05) is 5.41 Å². The second-order valence-corrected chi connectivity index (χ2v) is 5.38. The zero-order valence-corrected chi connectivity index (χ0v) is 8.54. The van der Waals surface area contributed by atoms with Gasteiger partial charge in [-0.3, -0.25) is 0 Å². The summed E-state index contributed by atoms with van der Waals surface area (Å²) in [6.45, 7) is 6.53. The van der Waals surface area contributed by atoms with Gasteiger partial charge in [-0.15, -0.1) is 0 Å². The Balaban J connectivity index is 2.39. The molecular weight excluding hydrogens is 166 g/mol. The van der Waals surface area contributed by atoms with Crippen molar-refractivity contribution in [3.63, 3.8) is 0 Å². The lowest BCUT2D eigenvalue weighted by molar-refractivity contribution is -0.0284. The Morgan fingerprint density at radius 2 is 1.92 bits per heavy atom. The van der Waals surface area contributed by atoms with Crippen LogP contribution in [0.25, 0.3) is 0 Å². The smallest absolute Gasteiger partial charge is 0.0777 e. The summed E-state index contributed by atoms with van der Waals surface area (Å²) in [5.74, 6) is 0.400. The third-order valence-electron chi connectivity index (χ3n) is 4.95. The Hall–Kier alpha value is -0.120. The molecule has 2 aliphatic rings. The summed E-state index contributed by atoms with van der Waals surface area (Å²) in [4.78, 5) is 0. The van der Waals surface area contributed by atoms with Gasteiger partial charge in [0.25, 0.3) is 0 Å². The summed E-state index contributed by atoms with van der Waals surface area (Å²) in [7, 11) is 0. The molecule has 3 N–H and O–H groups in total. The molecule has 0 aromatic carbocycles. The minimum absolute atomic E-state index is 0.0297. The van der Waals surface area contributed by atoms with E-state index < -0.39 is 6.10 Å². The van der Waals surface area contributed by atoms with Crippen LogP contribution in [0.2, 0.25) is 0 Å². The lowest BCUT2D eigenvalue weighted by atomic mass is 9.70. The molecule has 0 unspecified atom stereocenters. The molecule has 2 bridgehead atoms. The summed E-state index contributed by atoms with van der Waals surface area (Å²) >= 11 is 0. The molecule has 0 aliphatic heterocycles. The zero-order valence-electron chi connectivity index (χ0n) is 8.54. The summed E-state index contributed by atoms with van der Waals surface area (Å²) in [6.07, 6.45) is 1.77. The molecule has 0 heterocycles. The van der Waals surface area contributed by atoms with Gasteiger partial charge in [0.05, 0.1) is 12.1 Å². The summed E-state index contributed by atoms with van der Waals surface area (Å²) in [6, 6.07) is -0.131. The number of nitrogens with one attached hydrogen (secondary N) is 1. The van der Waals surface area contributed by atoms with Crippen LogP contribution in [0.15, 0.2) is 0 Å². The van der Waals surface area contributed by atoms with Gasteiger partial charge in [0.2, 0.25) is 0 Å². The molecule has 3 nitrogen and oxygen atoms in total. The molecule has 0 aromatic heterocycles. The first-order chi connectivity index (χ1) is 5.95. The van der Waals surface area contributed by atoms with Gasteiger partial charge in [0.15, 0.2) is 0 Å². The molecule has 13 heavy (non-hydrogen) atoms. The highest BCUT2D eigenvalue weighted by Crippen LogP contribution is 2.65. The van der Waals surface area contributed by atoms with Crippen LogP contribution in [-0.4, -0.2) is 22.5 Å². The number of fused-ring (bicyclic) bond motifs is 2. The molecule has 0 saturated heterocycles. The maximum Gasteiger partial charge on any atom is 0.0777 e. The Labute approximate surface area is 79.1 Å². The first kappa shape index (κ1) is 9.44. The van der Waals surface area contributed by atoms with Crippen molar-refractivity contribution in [2.45, 2.75) is 45.8 Å². The van der Waals surface area contributed by atoms with Gasteiger partial charge >= 0.3 is 0 Å². The van der Waals surface area contributed by atoms with E-state index in [4.69, 9.17) is 5.21 Å². The predicted molar refractivity (Wildman–Crippen MR) is 49.3 cm³/mol. The molecular formula is C10H19NO2. The fraction of sp³-hybridized carbons (Fsp3) is 1.00. The van der Waals surface area contributed by atoms with Crippen molar-refractivity contribution in [3.8, 4) is 0 Å². The van der Waals surface area contributed by atoms with E-state index in [1.807, 2.05) is 0 Å². The average molecular weight is 185 g/mol. The van der Waals surface area contributed by atoms with Gasteiger partial charge in [-0.25, -0.2) is 0 Å². The molecule has 3 heteroatoms. The monoisotopic (exact) mass is 185 g/mol. The highest BCUT2D eigenvalue weighted by atomic mass is 16.5. The number of aliphatic hydroxyl groups is 1. The Morgan fingerprint density at radius 3 is 2.23 bits per heavy atom. The van der Waals surface area contributed by atoms with Gasteiger partial charge < -0.3 is 10.3 Å². The van der Waals surface area contributed by atoms with Crippen LogP contribution < -0.4 is 5.48 Å². The van der Waals surface area contributed by atoms with Gasteiger partial charge in [-0.05, 0) is 24.2 Å². The van der Waals surface area contributed by atoms with E-state index >= 15 is 0 Å². The minimum atomic E-state index is -0.411. The lowest BCUT2D eigenvalue weighted by Crippen LogP contribution is -2.45. The molecule has 2 fully saturated rings. The van der Waals surface area contributed by atoms with E-state index in [0.29, 0.717) is 5.92 Å². The van der Waals surface area contributed by atoms with Gasteiger partial charge in [-0.1, -0.05) is 20.8 Å². The summed E-state index contributed by atoms with van der Waals surface area (Å²) in [5.41, 5.74) is 2.38. The van der Waals surface area contributed by atoms with Crippen molar-refractivity contribution in [1.82, 2.24) is 5.48 Å². The number of aliphatic hydroxyl groups excluding tert-OH is 1. The van der Waals surface area contributed by atoms with Crippen LogP contribution in [0.3, 0.4) is 0 Å². The molecule has 0 amide bonds. The van der Waals surface area contributed by atoms with E-state index in [2.05, 4.69) is 26.3 Å². The van der Waals surface area contributed by atoms with Gasteiger partial charge in [-0.2, -0.15) is 5.48 Å². The average Bonchev–Trinajstić information content (AvgIpc) is 2.36.